The summed E-state index contributed by atoms with van der Waals surface area (Å²) in [6.45, 7) is 9.38. The summed E-state index contributed by atoms with van der Waals surface area (Å²) in [5.41, 5.74) is 0. The Kier molecular flexibility index (Phi) is 14.0. The minimum absolute atomic E-state index is 0. The van der Waals surface area contributed by atoms with Crippen molar-refractivity contribution in [3.05, 3.63) is 0 Å². The normalized spacial score (nSPS) is 14.7. The van der Waals surface area contributed by atoms with Crippen molar-refractivity contribution in [3.63, 3.8) is 0 Å². The molecule has 0 aromatic rings. The van der Waals surface area contributed by atoms with E-state index in [1.807, 2.05) is 0 Å². The monoisotopic (exact) mass is 289 g/mol. The molecule has 0 aliphatic carbocycles. The van der Waals surface area contributed by atoms with Gasteiger partial charge in [0.25, 0.3) is 0 Å². The van der Waals surface area contributed by atoms with Crippen molar-refractivity contribution < 1.29 is 9.19 Å². The summed E-state index contributed by atoms with van der Waals surface area (Å²) in [6, 6.07) is 1.72. The van der Waals surface area contributed by atoms with Gasteiger partial charge >= 0.3 is 0 Å². The van der Waals surface area contributed by atoms with Crippen molar-refractivity contribution in [1.82, 2.24) is 0 Å². The Labute approximate surface area is 128 Å². The Morgan fingerprint density at radius 3 is 1.25 bits per heavy atom. The van der Waals surface area contributed by atoms with Crippen molar-refractivity contribution in [2.75, 3.05) is 14.1 Å². The highest BCUT2D eigenvalue weighted by molar-refractivity contribution is 4.64. The molecule has 0 spiro atoms. The van der Waals surface area contributed by atoms with E-state index in [4.69, 9.17) is 0 Å². The van der Waals surface area contributed by atoms with E-state index in [1.165, 1.54) is 68.7 Å². The van der Waals surface area contributed by atoms with Crippen LogP contribution in [0.25, 0.3) is 0 Å². The lowest BCUT2D eigenvalue weighted by Crippen LogP contribution is -3.00. The van der Waals surface area contributed by atoms with E-state index in [9.17, 15) is 0 Å². The van der Waals surface area contributed by atoms with Crippen LogP contribution in [0.5, 0.6) is 0 Å². The van der Waals surface area contributed by atoms with Gasteiger partial charge in [-0.2, -0.15) is 0 Å². The molecule has 2 unspecified atom stereocenters. The molecule has 0 aliphatic heterocycles. The summed E-state index contributed by atoms with van der Waals surface area (Å²) in [4.78, 5) is 0. The summed E-state index contributed by atoms with van der Waals surface area (Å²) in [7, 11) is 4.97. The van der Waals surface area contributed by atoms with Gasteiger partial charge in [-0.25, -0.2) is 0 Å². The second-order valence-electron chi connectivity index (χ2n) is 6.74. The third kappa shape index (κ3) is 7.61. The molecule has 1 nitrogen and oxygen atoms in total. The summed E-state index contributed by atoms with van der Waals surface area (Å²) in [5.74, 6) is 0. The van der Waals surface area contributed by atoms with Gasteiger partial charge in [0.05, 0.1) is 26.2 Å². The second-order valence-corrected chi connectivity index (χ2v) is 6.74. The first kappa shape index (κ1) is 22.2. The molecule has 0 aromatic carbocycles. The SMILES string of the molecule is CCCCCC(CC)[N+](C)(C)C(CC)CCCCC.[F-]. The quantitative estimate of drug-likeness (QED) is 0.383. The Morgan fingerprint density at radius 2 is 1.00 bits per heavy atom. The van der Waals surface area contributed by atoms with Crippen LogP contribution in [0.15, 0.2) is 0 Å². The lowest BCUT2D eigenvalue weighted by Gasteiger charge is -2.44. The van der Waals surface area contributed by atoms with Crippen molar-refractivity contribution in [2.24, 2.45) is 0 Å². The van der Waals surface area contributed by atoms with Crippen molar-refractivity contribution in [1.29, 1.82) is 0 Å². The number of quaternary nitrogens is 1. The molecule has 0 fully saturated rings. The Bertz CT molecular complexity index is 184. The number of hydrogen-bond acceptors (Lipinski definition) is 0. The van der Waals surface area contributed by atoms with Crippen LogP contribution in [0.4, 0.5) is 0 Å². The Morgan fingerprint density at radius 1 is 0.650 bits per heavy atom. The highest BCUT2D eigenvalue weighted by Gasteiger charge is 2.33. The molecule has 0 saturated carbocycles. The van der Waals surface area contributed by atoms with Gasteiger partial charge < -0.3 is 9.19 Å². The fourth-order valence-corrected chi connectivity index (χ4v) is 3.57. The lowest BCUT2D eigenvalue weighted by atomic mass is 9.96. The topological polar surface area (TPSA) is 0 Å². The number of nitrogens with zero attached hydrogens (tertiary/aromatic N) is 1. The maximum Gasteiger partial charge on any atom is 0.0885 e. The van der Waals surface area contributed by atoms with E-state index in [0.717, 1.165) is 12.1 Å². The third-order valence-corrected chi connectivity index (χ3v) is 5.11. The molecule has 20 heavy (non-hydrogen) atoms. The number of unbranched alkanes of at least 4 members (excludes halogenated alkanes) is 4. The Balaban J connectivity index is 0. The fourth-order valence-electron chi connectivity index (χ4n) is 3.57. The maximum absolute atomic E-state index is 2.49. The van der Waals surface area contributed by atoms with Crippen LogP contribution in [0.3, 0.4) is 0 Å². The van der Waals surface area contributed by atoms with E-state index < -0.39 is 0 Å². The second kappa shape index (κ2) is 12.6. The van der Waals surface area contributed by atoms with Crippen LogP contribution in [-0.2, 0) is 0 Å². The first-order chi connectivity index (χ1) is 9.04. The van der Waals surface area contributed by atoms with E-state index in [2.05, 4.69) is 41.8 Å². The molecule has 0 saturated heterocycles. The van der Waals surface area contributed by atoms with E-state index >= 15 is 0 Å². The van der Waals surface area contributed by atoms with Crippen molar-refractivity contribution >= 4 is 0 Å². The number of rotatable bonds is 12. The van der Waals surface area contributed by atoms with Gasteiger partial charge in [-0.1, -0.05) is 53.4 Å². The van der Waals surface area contributed by atoms with Crippen LogP contribution in [0.1, 0.15) is 91.9 Å². The Hall–Kier alpha value is -0.110. The average Bonchev–Trinajstić information content (AvgIpc) is 2.39. The third-order valence-electron chi connectivity index (χ3n) is 5.11. The first-order valence-corrected chi connectivity index (χ1v) is 8.87. The van der Waals surface area contributed by atoms with Crippen LogP contribution >= 0.6 is 0 Å². The molecule has 0 amide bonds. The van der Waals surface area contributed by atoms with E-state index in [-0.39, 0.29) is 4.70 Å². The average molecular weight is 290 g/mol. The van der Waals surface area contributed by atoms with Crippen molar-refractivity contribution in [2.45, 2.75) is 104 Å². The lowest BCUT2D eigenvalue weighted by molar-refractivity contribution is -0.939. The molecular formula is C18H40FN. The molecule has 2 heteroatoms. The zero-order chi connectivity index (χ0) is 14.7. The van der Waals surface area contributed by atoms with E-state index in [1.54, 1.807) is 0 Å². The fraction of sp³-hybridized carbons (Fsp3) is 1.00. The summed E-state index contributed by atoms with van der Waals surface area (Å²) in [5, 5.41) is 0. The van der Waals surface area contributed by atoms with Gasteiger partial charge in [0.2, 0.25) is 0 Å². The van der Waals surface area contributed by atoms with E-state index in [0.29, 0.717) is 0 Å². The van der Waals surface area contributed by atoms with Gasteiger partial charge in [0, 0.05) is 0 Å². The first-order valence-electron chi connectivity index (χ1n) is 8.87. The number of hydrogen-bond donors (Lipinski definition) is 0. The largest absolute Gasteiger partial charge is 1.00 e. The van der Waals surface area contributed by atoms with Crippen molar-refractivity contribution in [3.8, 4) is 0 Å². The molecule has 0 aliphatic rings. The van der Waals surface area contributed by atoms with Gasteiger partial charge in [-0.15, -0.1) is 0 Å². The maximum atomic E-state index is 2.49. The standard InChI is InChI=1S/C18H40N.FH/c1-7-11-13-15-17(9-3)19(5,6)18(10-4)16-14-12-8-2;/h17-18H,7-16H2,1-6H3;1H/q+1;/p-1. The molecule has 0 rings (SSSR count). The molecule has 0 aromatic heterocycles. The highest BCUT2D eigenvalue weighted by Crippen LogP contribution is 2.26. The molecule has 2 atom stereocenters. The van der Waals surface area contributed by atoms with Crippen LogP contribution in [0, 0.1) is 0 Å². The van der Waals surface area contributed by atoms with Crippen LogP contribution in [-0.4, -0.2) is 30.7 Å². The molecule has 0 bridgehead atoms. The van der Waals surface area contributed by atoms with Gasteiger partial charge in [0.15, 0.2) is 0 Å². The minimum Gasteiger partial charge on any atom is -1.00 e. The predicted molar refractivity (Wildman–Crippen MR) is 88.6 cm³/mol. The molecule has 0 heterocycles. The minimum atomic E-state index is 0. The van der Waals surface area contributed by atoms with Crippen LogP contribution in [0.2, 0.25) is 0 Å². The predicted octanol–water partition coefficient (Wildman–Crippen LogP) is 2.78. The molecule has 0 radical (unpaired) electrons. The summed E-state index contributed by atoms with van der Waals surface area (Å²) >= 11 is 0. The zero-order valence-electron chi connectivity index (χ0n) is 15.1. The number of halogens is 1. The summed E-state index contributed by atoms with van der Waals surface area (Å²) < 4.78 is 1.25. The van der Waals surface area contributed by atoms with Gasteiger partial charge in [-0.3, -0.25) is 0 Å². The van der Waals surface area contributed by atoms with Gasteiger partial charge in [-0.05, 0) is 38.5 Å². The van der Waals surface area contributed by atoms with Gasteiger partial charge in [0.1, 0.15) is 0 Å². The molecule has 0 N–H and O–H groups in total. The zero-order valence-corrected chi connectivity index (χ0v) is 15.1. The smallest absolute Gasteiger partial charge is 0.0885 e. The van der Waals surface area contributed by atoms with Crippen LogP contribution < -0.4 is 4.70 Å². The summed E-state index contributed by atoms with van der Waals surface area (Å²) in [6.07, 6.45) is 13.8. The highest BCUT2D eigenvalue weighted by atomic mass is 19.0. The molecule has 124 valence electrons. The molecular weight excluding hydrogens is 249 g/mol.